The maximum absolute atomic E-state index is 12.2. The van der Waals surface area contributed by atoms with Crippen molar-refractivity contribution < 1.29 is 8.42 Å². The zero-order chi connectivity index (χ0) is 15.5. The van der Waals surface area contributed by atoms with Crippen molar-refractivity contribution >= 4 is 26.5 Å². The van der Waals surface area contributed by atoms with Gasteiger partial charge in [0.15, 0.2) is 5.13 Å². The Bertz CT molecular complexity index is 691. The molecule has 0 atom stereocenters. The second kappa shape index (κ2) is 6.55. The fraction of sp³-hybridized carbons (Fsp3) is 0.357. The van der Waals surface area contributed by atoms with Crippen LogP contribution in [0.2, 0.25) is 0 Å². The van der Waals surface area contributed by atoms with Gasteiger partial charge in [0.25, 0.3) is 10.0 Å². The van der Waals surface area contributed by atoms with Gasteiger partial charge in [-0.3, -0.25) is 4.72 Å². The molecular weight excluding hydrogens is 306 g/mol. The van der Waals surface area contributed by atoms with E-state index in [0.717, 1.165) is 23.4 Å². The zero-order valence-electron chi connectivity index (χ0n) is 12.3. The van der Waals surface area contributed by atoms with E-state index in [2.05, 4.69) is 14.6 Å². The van der Waals surface area contributed by atoms with E-state index in [-0.39, 0.29) is 4.90 Å². The third kappa shape index (κ3) is 4.52. The Labute approximate surface area is 129 Å². The van der Waals surface area contributed by atoms with E-state index in [4.69, 9.17) is 0 Å². The van der Waals surface area contributed by atoms with Crippen LogP contribution in [0.15, 0.2) is 35.4 Å². The van der Waals surface area contributed by atoms with Crippen LogP contribution in [0.4, 0.5) is 5.13 Å². The lowest BCUT2D eigenvalue weighted by Crippen LogP contribution is -2.14. The molecule has 1 N–H and O–H groups in total. The number of sulfonamides is 1. The number of anilines is 1. The number of hydrogen-bond donors (Lipinski definition) is 1. The summed E-state index contributed by atoms with van der Waals surface area (Å²) in [5.41, 5.74) is 1.02. The predicted molar refractivity (Wildman–Crippen MR) is 86.4 cm³/mol. The molecule has 2 aromatic rings. The van der Waals surface area contributed by atoms with Crippen molar-refractivity contribution in [3.8, 4) is 0 Å². The van der Waals surface area contributed by atoms with E-state index in [1.807, 2.05) is 21.0 Å². The van der Waals surface area contributed by atoms with Gasteiger partial charge in [-0.25, -0.2) is 13.4 Å². The number of benzene rings is 1. The van der Waals surface area contributed by atoms with Crippen molar-refractivity contribution in [2.75, 3.05) is 25.4 Å². The third-order valence-corrected chi connectivity index (χ3v) is 5.37. The summed E-state index contributed by atoms with van der Waals surface area (Å²) in [5.74, 6) is 0. The van der Waals surface area contributed by atoms with Gasteiger partial charge in [0, 0.05) is 17.6 Å². The van der Waals surface area contributed by atoms with E-state index < -0.39 is 10.0 Å². The summed E-state index contributed by atoms with van der Waals surface area (Å²) < 4.78 is 27.0. The second-order valence-electron chi connectivity index (χ2n) is 5.10. The highest BCUT2D eigenvalue weighted by atomic mass is 32.2. The number of rotatable bonds is 6. The lowest BCUT2D eigenvalue weighted by molar-refractivity contribution is 0.415. The molecule has 0 saturated carbocycles. The Hall–Kier alpha value is -1.44. The smallest absolute Gasteiger partial charge is 0.263 e. The molecule has 1 aromatic carbocycles. The number of nitrogens with one attached hydrogen (secondary N) is 1. The molecule has 0 unspecified atom stereocenters. The Balaban J connectivity index is 2.08. The van der Waals surface area contributed by atoms with Crippen LogP contribution in [0.1, 0.15) is 10.4 Å². The van der Waals surface area contributed by atoms with Gasteiger partial charge >= 0.3 is 0 Å². The van der Waals surface area contributed by atoms with Gasteiger partial charge in [0.2, 0.25) is 0 Å². The number of nitrogens with zero attached hydrogens (tertiary/aromatic N) is 2. The maximum Gasteiger partial charge on any atom is 0.263 e. The van der Waals surface area contributed by atoms with Gasteiger partial charge in [0.05, 0.1) is 4.90 Å². The van der Waals surface area contributed by atoms with Crippen LogP contribution in [0, 0.1) is 6.92 Å². The topological polar surface area (TPSA) is 62.3 Å². The highest BCUT2D eigenvalue weighted by molar-refractivity contribution is 7.93. The predicted octanol–water partition coefficient (Wildman–Crippen LogP) is 2.36. The fourth-order valence-corrected chi connectivity index (χ4v) is 3.74. The molecule has 0 saturated heterocycles. The van der Waals surface area contributed by atoms with Gasteiger partial charge in [-0.1, -0.05) is 17.7 Å². The normalized spacial score (nSPS) is 11.8. The third-order valence-electron chi connectivity index (χ3n) is 2.91. The summed E-state index contributed by atoms with van der Waals surface area (Å²) in [7, 11) is 0.444. The molecule has 0 aliphatic carbocycles. The van der Waals surface area contributed by atoms with Gasteiger partial charge in [-0.05, 0) is 39.6 Å². The van der Waals surface area contributed by atoms with E-state index in [0.29, 0.717) is 5.13 Å². The Morgan fingerprint density at radius 3 is 2.52 bits per heavy atom. The van der Waals surface area contributed by atoms with E-state index in [1.54, 1.807) is 30.5 Å². The molecule has 0 aliphatic rings. The molecule has 0 aliphatic heterocycles. The van der Waals surface area contributed by atoms with Gasteiger partial charge in [0.1, 0.15) is 0 Å². The molecular formula is C14H19N3O2S2. The van der Waals surface area contributed by atoms with Crippen molar-refractivity contribution in [2.24, 2.45) is 0 Å². The second-order valence-corrected chi connectivity index (χ2v) is 7.90. The molecule has 0 spiro atoms. The number of hydrogen-bond acceptors (Lipinski definition) is 5. The van der Waals surface area contributed by atoms with Crippen molar-refractivity contribution in [1.82, 2.24) is 9.88 Å². The number of likely N-dealkylation sites (N-methyl/N-ethyl adjacent to an activating group) is 1. The molecule has 0 fully saturated rings. The first kappa shape index (κ1) is 15.9. The van der Waals surface area contributed by atoms with Crippen LogP contribution in [-0.4, -0.2) is 38.9 Å². The van der Waals surface area contributed by atoms with E-state index >= 15 is 0 Å². The molecule has 0 amide bonds. The Kier molecular flexibility index (Phi) is 4.97. The average molecular weight is 325 g/mol. The first-order valence-corrected chi connectivity index (χ1v) is 8.86. The minimum absolute atomic E-state index is 0.248. The molecule has 7 heteroatoms. The maximum atomic E-state index is 12.2. The summed E-state index contributed by atoms with van der Waals surface area (Å²) in [6.45, 7) is 2.83. The van der Waals surface area contributed by atoms with Crippen LogP contribution in [0.25, 0.3) is 0 Å². The van der Waals surface area contributed by atoms with Crippen LogP contribution < -0.4 is 4.72 Å². The molecule has 0 bridgehead atoms. The average Bonchev–Trinajstić information content (AvgIpc) is 2.84. The van der Waals surface area contributed by atoms with Crippen molar-refractivity contribution in [3.05, 3.63) is 40.9 Å². The molecule has 0 radical (unpaired) electrons. The van der Waals surface area contributed by atoms with Crippen molar-refractivity contribution in [1.29, 1.82) is 0 Å². The largest absolute Gasteiger partial charge is 0.309 e. The first-order chi connectivity index (χ1) is 9.87. The number of thiazole rings is 1. The first-order valence-electron chi connectivity index (χ1n) is 6.56. The quantitative estimate of drug-likeness (QED) is 0.885. The molecule has 2 rings (SSSR count). The van der Waals surface area contributed by atoms with Gasteiger partial charge in [-0.2, -0.15) is 0 Å². The molecule has 21 heavy (non-hydrogen) atoms. The van der Waals surface area contributed by atoms with E-state index in [9.17, 15) is 8.42 Å². The molecule has 1 aromatic heterocycles. The lowest BCUT2D eigenvalue weighted by atomic mass is 10.2. The zero-order valence-corrected chi connectivity index (χ0v) is 14.0. The summed E-state index contributed by atoms with van der Waals surface area (Å²) in [4.78, 5) is 7.52. The van der Waals surface area contributed by atoms with Crippen molar-refractivity contribution in [2.45, 2.75) is 18.2 Å². The van der Waals surface area contributed by atoms with Gasteiger partial charge in [-0.15, -0.1) is 11.3 Å². The highest BCUT2D eigenvalue weighted by Crippen LogP contribution is 2.22. The highest BCUT2D eigenvalue weighted by Gasteiger charge is 2.15. The Morgan fingerprint density at radius 1 is 1.24 bits per heavy atom. The standard InChI is InChI=1S/C14H19N3O2S2/c1-11-4-6-13(7-5-11)21(18,19)16-14-15-10-12(20-14)8-9-17(2)3/h4-7,10H,8-9H2,1-3H3,(H,15,16). The SMILES string of the molecule is Cc1ccc(S(=O)(=O)Nc2ncc(CCN(C)C)s2)cc1. The minimum Gasteiger partial charge on any atom is -0.309 e. The fourth-order valence-electron chi connectivity index (χ4n) is 1.70. The van der Waals surface area contributed by atoms with Crippen LogP contribution in [-0.2, 0) is 16.4 Å². The van der Waals surface area contributed by atoms with E-state index in [1.165, 1.54) is 11.3 Å². The number of aryl methyl sites for hydroxylation is 1. The summed E-state index contributed by atoms with van der Waals surface area (Å²) in [5, 5.41) is 0.407. The molecule has 5 nitrogen and oxygen atoms in total. The minimum atomic E-state index is -3.56. The Morgan fingerprint density at radius 2 is 1.90 bits per heavy atom. The molecule has 1 heterocycles. The summed E-state index contributed by atoms with van der Waals surface area (Å²) in [6.07, 6.45) is 2.58. The lowest BCUT2D eigenvalue weighted by Gasteiger charge is -2.07. The molecule has 114 valence electrons. The number of aromatic nitrogens is 1. The van der Waals surface area contributed by atoms with Crippen LogP contribution in [0.5, 0.6) is 0 Å². The summed E-state index contributed by atoms with van der Waals surface area (Å²) in [6, 6.07) is 6.74. The summed E-state index contributed by atoms with van der Waals surface area (Å²) >= 11 is 1.37. The monoisotopic (exact) mass is 325 g/mol. The van der Waals surface area contributed by atoms with Crippen LogP contribution in [0.3, 0.4) is 0 Å². The van der Waals surface area contributed by atoms with Crippen LogP contribution >= 0.6 is 11.3 Å². The van der Waals surface area contributed by atoms with Crippen molar-refractivity contribution in [3.63, 3.8) is 0 Å². The van der Waals surface area contributed by atoms with Gasteiger partial charge < -0.3 is 4.90 Å².